The highest BCUT2D eigenvalue weighted by Gasteiger charge is 2.26. The first-order chi connectivity index (χ1) is 18.6. The lowest BCUT2D eigenvalue weighted by Gasteiger charge is -2.17. The molecular weight excluding hydrogens is 500 g/mol. The number of benzene rings is 1. The summed E-state index contributed by atoms with van der Waals surface area (Å²) in [6.07, 6.45) is 5.18. The van der Waals surface area contributed by atoms with Crippen molar-refractivity contribution < 1.29 is 23.9 Å². The number of para-hydroxylation sites is 1. The summed E-state index contributed by atoms with van der Waals surface area (Å²) in [4.78, 5) is 36.6. The number of amidine groups is 1. The zero-order valence-electron chi connectivity index (χ0n) is 22.6. The predicted octanol–water partition coefficient (Wildman–Crippen LogP) is 1.64. The molecule has 11 heteroatoms. The van der Waals surface area contributed by atoms with Crippen molar-refractivity contribution in [1.82, 2.24) is 16.0 Å². The molecule has 3 atom stereocenters. The highest BCUT2D eigenvalue weighted by molar-refractivity contribution is 5.88. The van der Waals surface area contributed by atoms with Crippen LogP contribution in [0.5, 0.6) is 0 Å². The Bertz CT molecular complexity index is 1240. The van der Waals surface area contributed by atoms with Crippen molar-refractivity contribution in [2.75, 3.05) is 13.1 Å². The molecule has 0 fully saturated rings. The Morgan fingerprint density at radius 3 is 2.69 bits per heavy atom. The fourth-order valence-electron chi connectivity index (χ4n) is 4.82. The second-order valence-electron chi connectivity index (χ2n) is 9.95. The van der Waals surface area contributed by atoms with E-state index in [1.807, 2.05) is 38.1 Å². The molecule has 11 nitrogen and oxygen atoms in total. The highest BCUT2D eigenvalue weighted by Crippen LogP contribution is 2.29. The second kappa shape index (κ2) is 13.9. The minimum atomic E-state index is -1.11. The van der Waals surface area contributed by atoms with Gasteiger partial charge < -0.3 is 36.9 Å². The van der Waals surface area contributed by atoms with E-state index in [9.17, 15) is 19.5 Å². The van der Waals surface area contributed by atoms with Crippen LogP contribution >= 0.6 is 0 Å². The quantitative estimate of drug-likeness (QED) is 0.0765. The molecule has 39 heavy (non-hydrogen) atoms. The average molecular weight is 541 g/mol. The first-order valence-electron chi connectivity index (χ1n) is 13.4. The number of nitrogens with two attached hydrogens (primary N) is 2. The lowest BCUT2D eigenvalue weighted by atomic mass is 10.0. The first kappa shape index (κ1) is 29.9. The Morgan fingerprint density at radius 1 is 1.23 bits per heavy atom. The molecule has 1 aliphatic heterocycles. The topological polar surface area (TPSA) is 197 Å². The maximum Gasteiger partial charge on any atom is 0.326 e. The van der Waals surface area contributed by atoms with Crippen LogP contribution in [0.25, 0.3) is 11.0 Å². The van der Waals surface area contributed by atoms with Gasteiger partial charge in [0, 0.05) is 31.3 Å². The van der Waals surface area contributed by atoms with Crippen LogP contribution in [0, 0.1) is 12.3 Å². The number of unbranched alkanes of at least 4 members (excludes halogenated alkanes) is 2. The van der Waals surface area contributed by atoms with E-state index < -0.39 is 18.1 Å². The molecule has 2 aromatic rings. The van der Waals surface area contributed by atoms with E-state index in [0.717, 1.165) is 34.1 Å². The summed E-state index contributed by atoms with van der Waals surface area (Å²) in [7, 11) is 0. The van der Waals surface area contributed by atoms with Gasteiger partial charge in [0.05, 0.1) is 12.1 Å². The molecule has 212 valence electrons. The lowest BCUT2D eigenvalue weighted by molar-refractivity contribution is -0.141. The molecule has 3 unspecified atom stereocenters. The van der Waals surface area contributed by atoms with Gasteiger partial charge in [0.15, 0.2) is 0 Å². The number of furan rings is 1. The zero-order chi connectivity index (χ0) is 28.5. The van der Waals surface area contributed by atoms with Crippen molar-refractivity contribution in [2.45, 2.75) is 76.9 Å². The van der Waals surface area contributed by atoms with Crippen molar-refractivity contribution in [1.29, 1.82) is 5.41 Å². The molecule has 1 aliphatic rings. The van der Waals surface area contributed by atoms with E-state index in [1.54, 1.807) is 0 Å². The Kier molecular flexibility index (Phi) is 10.6. The SMILES string of the molecule is CCc1cccc2c(C)c(CC(NC(=O)CCCCCNC(=O)C(N)CC3=CCNC3C(=N)N)C(=O)O)oc12. The third-order valence-corrected chi connectivity index (χ3v) is 7.09. The van der Waals surface area contributed by atoms with Gasteiger partial charge in [-0.1, -0.05) is 37.6 Å². The lowest BCUT2D eigenvalue weighted by Crippen LogP contribution is -2.44. The maximum atomic E-state index is 12.4. The standard InChI is InChI=1S/C28H40N6O5/c1-3-17-8-7-9-19-16(2)22(39-25(17)19)15-21(28(37)38)34-23(35)10-5-4-6-12-33-27(36)20(29)14-18-11-13-32-24(18)26(30)31/h7-9,11,20-21,24,32H,3-6,10,12-15,29H2,1-2H3,(H3,30,31)(H,33,36)(H,34,35)(H,37,38). The number of fused-ring (bicyclic) bond motifs is 1. The molecule has 1 aromatic heterocycles. The molecular formula is C28H40N6O5. The fourth-order valence-corrected chi connectivity index (χ4v) is 4.82. The number of hydrogen-bond donors (Lipinski definition) is 7. The van der Waals surface area contributed by atoms with Crippen LogP contribution in [0.3, 0.4) is 0 Å². The fraction of sp³-hybridized carbons (Fsp3) is 0.500. The van der Waals surface area contributed by atoms with Gasteiger partial charge in [0.25, 0.3) is 0 Å². The number of carboxylic acid groups (broad SMARTS) is 1. The van der Waals surface area contributed by atoms with Crippen LogP contribution in [0.4, 0.5) is 0 Å². The van der Waals surface area contributed by atoms with Gasteiger partial charge in [-0.25, -0.2) is 4.79 Å². The molecule has 0 aliphatic carbocycles. The number of aryl methyl sites for hydroxylation is 2. The summed E-state index contributed by atoms with van der Waals surface area (Å²) < 4.78 is 6.02. The van der Waals surface area contributed by atoms with Crippen molar-refractivity contribution in [3.63, 3.8) is 0 Å². The van der Waals surface area contributed by atoms with Gasteiger partial charge in [-0.15, -0.1) is 0 Å². The molecule has 1 aromatic carbocycles. The Morgan fingerprint density at radius 2 is 2.00 bits per heavy atom. The summed E-state index contributed by atoms with van der Waals surface area (Å²) in [6, 6.07) is 3.71. The molecule has 0 radical (unpaired) electrons. The van der Waals surface area contributed by atoms with E-state index in [1.165, 1.54) is 0 Å². The van der Waals surface area contributed by atoms with Crippen molar-refractivity contribution >= 4 is 34.6 Å². The van der Waals surface area contributed by atoms with E-state index in [4.69, 9.17) is 21.3 Å². The van der Waals surface area contributed by atoms with Crippen molar-refractivity contribution in [2.24, 2.45) is 11.5 Å². The van der Waals surface area contributed by atoms with Crippen LogP contribution in [-0.4, -0.2) is 59.9 Å². The summed E-state index contributed by atoms with van der Waals surface area (Å²) in [5.74, 6) is -1.17. The molecule has 0 saturated heterocycles. The monoisotopic (exact) mass is 540 g/mol. The van der Waals surface area contributed by atoms with E-state index in [2.05, 4.69) is 16.0 Å². The molecule has 2 amide bonds. The van der Waals surface area contributed by atoms with E-state index in [-0.39, 0.29) is 36.5 Å². The summed E-state index contributed by atoms with van der Waals surface area (Å²) >= 11 is 0. The molecule has 9 N–H and O–H groups in total. The minimum absolute atomic E-state index is 0.000256. The van der Waals surface area contributed by atoms with E-state index >= 15 is 0 Å². The molecule has 3 rings (SSSR count). The van der Waals surface area contributed by atoms with Crippen molar-refractivity contribution in [3.8, 4) is 0 Å². The van der Waals surface area contributed by atoms with Crippen LogP contribution in [0.2, 0.25) is 0 Å². The number of aliphatic carboxylic acids is 1. The van der Waals surface area contributed by atoms with Gasteiger partial charge in [0.2, 0.25) is 11.8 Å². The van der Waals surface area contributed by atoms with Gasteiger partial charge in [0.1, 0.15) is 23.2 Å². The van der Waals surface area contributed by atoms with Gasteiger partial charge in [-0.3, -0.25) is 15.0 Å². The first-order valence-corrected chi connectivity index (χ1v) is 13.4. The molecule has 0 bridgehead atoms. The molecule has 0 spiro atoms. The number of hydrogen-bond acceptors (Lipinski definition) is 7. The number of carbonyl (C=O) groups excluding carboxylic acids is 2. The van der Waals surface area contributed by atoms with Crippen LogP contribution in [-0.2, 0) is 27.2 Å². The predicted molar refractivity (Wildman–Crippen MR) is 149 cm³/mol. The van der Waals surface area contributed by atoms with E-state index in [0.29, 0.717) is 44.5 Å². The van der Waals surface area contributed by atoms with Crippen molar-refractivity contribution in [3.05, 3.63) is 46.7 Å². The Hall–Kier alpha value is -3.70. The normalized spacial score (nSPS) is 16.5. The van der Waals surface area contributed by atoms with Crippen LogP contribution in [0.1, 0.15) is 55.9 Å². The Labute approximate surface area is 228 Å². The summed E-state index contributed by atoms with van der Waals surface area (Å²) in [5.41, 5.74) is 15.1. The number of rotatable bonds is 15. The number of carboxylic acids is 1. The third-order valence-electron chi connectivity index (χ3n) is 7.09. The van der Waals surface area contributed by atoms with Crippen LogP contribution in [0.15, 0.2) is 34.3 Å². The highest BCUT2D eigenvalue weighted by atomic mass is 16.4. The summed E-state index contributed by atoms with van der Waals surface area (Å²) in [6.45, 7) is 4.95. The second-order valence-corrected chi connectivity index (χ2v) is 9.95. The number of nitrogens with one attached hydrogen (secondary N) is 4. The van der Waals surface area contributed by atoms with Gasteiger partial charge in [-0.05, 0) is 49.3 Å². The number of carbonyl (C=O) groups is 3. The van der Waals surface area contributed by atoms with Gasteiger partial charge in [-0.2, -0.15) is 0 Å². The molecule has 0 saturated carbocycles. The van der Waals surface area contributed by atoms with Crippen LogP contribution < -0.4 is 27.4 Å². The van der Waals surface area contributed by atoms with Gasteiger partial charge >= 0.3 is 5.97 Å². The number of amides is 2. The molecule has 2 heterocycles. The minimum Gasteiger partial charge on any atom is -0.480 e. The maximum absolute atomic E-state index is 12.4. The summed E-state index contributed by atoms with van der Waals surface area (Å²) in [5, 5.41) is 26.7. The zero-order valence-corrected chi connectivity index (χ0v) is 22.6. The largest absolute Gasteiger partial charge is 0.480 e. The third kappa shape index (κ3) is 7.90. The Balaban J connectivity index is 1.38. The smallest absolute Gasteiger partial charge is 0.326 e. The average Bonchev–Trinajstić information content (AvgIpc) is 3.49.